The summed E-state index contributed by atoms with van der Waals surface area (Å²) in [5, 5.41) is 54.2. The van der Waals surface area contributed by atoms with Crippen LogP contribution in [0.5, 0.6) is 0 Å². The molecule has 48 heteroatoms. The Balaban J connectivity index is -0.0000000746. The average molecular weight is 1840 g/mol. The predicted octanol–water partition coefficient (Wildman–Crippen LogP) is 2.06. The number of hydrogen-bond acceptors (Lipinski definition) is 33. The van der Waals surface area contributed by atoms with Gasteiger partial charge in [-0.1, -0.05) is 84.5 Å². The summed E-state index contributed by atoms with van der Waals surface area (Å²) in [5.74, 6) is -6.45. The van der Waals surface area contributed by atoms with Gasteiger partial charge in [0.1, 0.15) is 46.7 Å². The summed E-state index contributed by atoms with van der Waals surface area (Å²) in [6.45, 7) is 13.5. The van der Waals surface area contributed by atoms with E-state index in [-0.39, 0.29) is 184 Å². The zero-order valence-corrected chi connectivity index (χ0v) is 74.1. The van der Waals surface area contributed by atoms with Gasteiger partial charge in [-0.15, -0.1) is 41.1 Å². The van der Waals surface area contributed by atoms with E-state index in [1.54, 1.807) is 49.1 Å². The number of ketones is 1. The first kappa shape index (κ1) is 139. The molecule has 704 valence electrons. The Labute approximate surface area is 746 Å². The van der Waals surface area contributed by atoms with Crippen LogP contribution >= 0.6 is 46.4 Å². The third-order valence-corrected chi connectivity index (χ3v) is 13.2. The number of nitrogens with two attached hydrogens (primary N) is 1. The standard InChI is InChI=1S/C13H26N2O4.C12H23NO5.C10H21NO3.C9H13NO6.C7H15NO2.C5H10O4.C4H5NO3.C3H3NO3.C2H4Cl2O.C2H2.CH2Cl2.CH2O3.2CH4.FH.Na.2H2.H/c1-11(16)12(14-2)6-4-5-7-15-13(17)10-19-9-8-18-3;1-10(12(15)16)5-3-4-6-13-11(14)9-18-8-7-17-2;1-3-4-5-6-11-10(12)9-14-8-7-13-2;1-14-4-5-15-6-9(13)16-10-7(11)2-3-8(10)12;1-6(7(9)10)4-2-3-5-8;1-8-2-3-9-4-5(6)7;6-3-1-2-4(7)5(3)8;5-2-1-4-3(6)7-2;1-5-2(3)4;1-2;2-1-3;2-1-4-3;;;;;;;/h12,14H,4-10H2,1-3H3,(H,15,17);10H,3-9H2,1-2H3,(H,13,14)(H,15,16);3-9H2,1-2H3,(H,11,12);2-6H2,1H3;6H,2-5,8H2,1H3,(H,9,10);2-4H2,1H3,(H,6,7);8H,1-2H2;1H2,(H,4,6);2H,1H3;1-2H;1H2;1,3H;2*1H4;1H;;2*1H;/q;;;;;;;;;;;;;;;+1;;;-1/i;;;;;;;;;1D;;;;;;;1+2;1+1;. The molecule has 3 heterocycles. The minimum atomic E-state index is -0.953. The summed E-state index contributed by atoms with van der Waals surface area (Å²) < 4.78 is 62.3. The van der Waals surface area contributed by atoms with Crippen LogP contribution < -0.4 is 61.9 Å². The van der Waals surface area contributed by atoms with Gasteiger partial charge in [-0.3, -0.25) is 62.7 Å². The zero-order chi connectivity index (χ0) is 90.6. The van der Waals surface area contributed by atoms with Crippen LogP contribution in [0.4, 0.5) is 9.50 Å². The van der Waals surface area contributed by atoms with E-state index in [1.165, 1.54) is 34.1 Å². The summed E-state index contributed by atoms with van der Waals surface area (Å²) in [6.07, 6.45) is 16.3. The van der Waals surface area contributed by atoms with Crippen molar-refractivity contribution in [2.75, 3.05) is 187 Å². The van der Waals surface area contributed by atoms with E-state index in [0.29, 0.717) is 90.6 Å². The second-order valence-corrected chi connectivity index (χ2v) is 24.0. The van der Waals surface area contributed by atoms with Gasteiger partial charge in [-0.25, -0.2) is 24.4 Å². The van der Waals surface area contributed by atoms with E-state index in [1.807, 2.05) is 0 Å². The van der Waals surface area contributed by atoms with E-state index in [0.717, 1.165) is 70.8 Å². The van der Waals surface area contributed by atoms with Crippen LogP contribution in [0, 0.1) is 24.7 Å². The molecule has 0 aromatic rings. The SMILES string of the molecule is C.C.CC(CCCCN)C(=O)O.CCCCCNC(=O)COCCOC.CNC(CCCCNC(=O)COCCOC)C(C)=O.COC(Cl)Cl.COCCOCC(=O)NCCCCC(C)C(=O)O.COCCOCC(=O)O.COCCOCC(=O)ON1C(=O)CCC1=O.ClCCl.F.O=C1CCC(=O)N1O.O=C1CNC(=O)O1.O=COO.[2HH].[2H]C#C.[3HH].[H-].[Na+]. The summed E-state index contributed by atoms with van der Waals surface area (Å²) >= 11 is 19.5. The number of likely N-dealkylation sites (N-methyl/N-ethyl adjacent to an activating group) is 1. The fraction of sp³-hybridized carbons (Fsp3) is 0.761. The summed E-state index contributed by atoms with van der Waals surface area (Å²) in [7, 11) is 11.0. The molecule has 0 radical (unpaired) electrons. The molecule has 3 unspecified atom stereocenters. The third-order valence-electron chi connectivity index (χ3n) is 12.8. The first-order chi connectivity index (χ1) is 55.1. The molecular formula is C71H140Cl4FN8NaO34. The molecule has 3 fully saturated rings. The minimum absolute atomic E-state index is 0. The van der Waals surface area contributed by atoms with Gasteiger partial charge < -0.3 is 116 Å². The van der Waals surface area contributed by atoms with Crippen molar-refractivity contribution in [3.05, 3.63) is 0 Å². The number of nitrogens with one attached hydrogen (secondary N) is 5. The molecule has 42 nitrogen and oxygen atoms in total. The number of halogens is 5. The fourth-order valence-electron chi connectivity index (χ4n) is 6.84. The summed E-state index contributed by atoms with van der Waals surface area (Å²) in [6, 6.07) is -0.0759. The molecule has 3 aliphatic heterocycles. The molecule has 0 aromatic carbocycles. The van der Waals surface area contributed by atoms with E-state index in [4.69, 9.17) is 122 Å². The van der Waals surface area contributed by atoms with Gasteiger partial charge in [0.25, 0.3) is 23.6 Å². The number of carbonyl (C=O) groups is 15. The number of esters is 1. The van der Waals surface area contributed by atoms with Crippen molar-refractivity contribution in [2.24, 2.45) is 17.6 Å². The number of hydroxylamine groups is 4. The largest absolute Gasteiger partial charge is 1.00 e. The molecule has 119 heavy (non-hydrogen) atoms. The van der Waals surface area contributed by atoms with Gasteiger partial charge in [0.05, 0.1) is 89.3 Å². The van der Waals surface area contributed by atoms with Gasteiger partial charge in [0.15, 0.2) is 0 Å². The number of alkyl halides is 4. The van der Waals surface area contributed by atoms with Gasteiger partial charge in [0.2, 0.25) is 22.7 Å². The van der Waals surface area contributed by atoms with Gasteiger partial charge >= 0.3 is 72.0 Å². The van der Waals surface area contributed by atoms with Crippen molar-refractivity contribution in [2.45, 2.75) is 156 Å². The first-order valence-electron chi connectivity index (χ1n) is 35.9. The molecule has 3 aliphatic rings. The van der Waals surface area contributed by atoms with E-state index in [2.05, 4.69) is 68.6 Å². The fourth-order valence-corrected chi connectivity index (χ4v) is 6.84. The number of methoxy groups -OCH3 is 6. The number of carbonyl (C=O) groups excluding carboxylic acids is 12. The Morgan fingerprint density at radius 3 is 1.18 bits per heavy atom. The number of unbranched alkanes of at least 4 members (excludes halogenated alkanes) is 5. The van der Waals surface area contributed by atoms with E-state index >= 15 is 0 Å². The van der Waals surface area contributed by atoms with Crippen molar-refractivity contribution in [3.8, 4) is 12.8 Å². The van der Waals surface area contributed by atoms with Gasteiger partial charge in [-0.05, 0) is 71.9 Å². The Morgan fingerprint density at radius 1 is 0.622 bits per heavy atom. The minimum Gasteiger partial charge on any atom is -1.00 e. The number of Topliss-reactive ketones (excluding diaryl/α,β-unsaturated/α-hetero) is 1. The van der Waals surface area contributed by atoms with Crippen molar-refractivity contribution in [3.63, 3.8) is 0 Å². The smallest absolute Gasteiger partial charge is 1.00 e. The van der Waals surface area contributed by atoms with Crippen LogP contribution in [0.3, 0.4) is 0 Å². The maximum atomic E-state index is 11.3. The van der Waals surface area contributed by atoms with Crippen LogP contribution in [0.1, 0.15) is 151 Å². The maximum absolute atomic E-state index is 11.3. The molecule has 3 atom stereocenters. The Hall–Kier alpha value is -6.30. The summed E-state index contributed by atoms with van der Waals surface area (Å²) in [5.41, 5.74) is 5.24. The van der Waals surface area contributed by atoms with Crippen molar-refractivity contribution < 1.29 is 204 Å². The molecule has 3 rings (SSSR count). The number of imide groups is 2. The van der Waals surface area contributed by atoms with Crippen LogP contribution in [0.15, 0.2) is 0 Å². The van der Waals surface area contributed by atoms with Crippen molar-refractivity contribution >= 4 is 136 Å². The number of hydrogen-bond donors (Lipinski definition) is 11. The zero-order valence-electron chi connectivity index (χ0n) is 71.1. The van der Waals surface area contributed by atoms with Gasteiger partial charge in [0, 0.05) is 90.8 Å². The monoisotopic (exact) mass is 1830 g/mol. The number of ether oxygens (including phenoxy) is 12. The van der Waals surface area contributed by atoms with Crippen LogP contribution in [-0.4, -0.2) is 323 Å². The van der Waals surface area contributed by atoms with Crippen LogP contribution in [-0.2, 0) is 134 Å². The summed E-state index contributed by atoms with van der Waals surface area (Å²) in [4.78, 5) is 165. The Kier molecular flexibility index (Phi) is 130. The van der Waals surface area contributed by atoms with Crippen LogP contribution in [0.2, 0.25) is 0 Å². The number of amides is 8. The normalized spacial score (nSPS) is 12.2. The number of alkyl carbamates (subject to hydrolysis) is 1. The molecule has 0 saturated carbocycles. The average Bonchev–Trinajstić information content (AvgIpc) is 1.58. The van der Waals surface area contributed by atoms with Crippen molar-refractivity contribution in [1.29, 1.82) is 0 Å². The molecular weight excluding hydrogens is 1690 g/mol. The Morgan fingerprint density at radius 2 is 0.941 bits per heavy atom. The molecule has 0 bridgehead atoms. The first-order valence-corrected chi connectivity index (χ1v) is 37.4. The third kappa shape index (κ3) is 118. The second-order valence-electron chi connectivity index (χ2n) is 22.1. The molecule has 8 amide bonds. The maximum Gasteiger partial charge on any atom is 1.00 e. The number of nitrogens with zero attached hydrogens (tertiary/aromatic N) is 2. The van der Waals surface area contributed by atoms with Crippen molar-refractivity contribution in [1.82, 2.24) is 36.7 Å². The topological polar surface area (TPSA) is 579 Å². The Bertz CT molecular complexity index is 2540. The number of aliphatic carboxylic acids is 3. The number of carboxylic acid groups (broad SMARTS) is 3. The van der Waals surface area contributed by atoms with E-state index < -0.39 is 64.6 Å². The number of rotatable bonds is 50. The molecule has 12 N–H and O–H groups in total. The number of terminal acetylenes is 1. The number of carboxylic acids is 3. The number of cyclic esters (lactones) is 2. The molecule has 0 aliphatic carbocycles. The van der Waals surface area contributed by atoms with Gasteiger partial charge in [-0.2, -0.15) is 5.06 Å². The second kappa shape index (κ2) is 112. The molecule has 3 saturated heterocycles. The van der Waals surface area contributed by atoms with Crippen LogP contribution in [0.25, 0.3) is 0 Å². The quantitative estimate of drug-likeness (QED) is 0.00355. The molecule has 0 spiro atoms. The van der Waals surface area contributed by atoms with E-state index in [9.17, 15) is 67.1 Å². The predicted molar refractivity (Wildman–Crippen MR) is 437 cm³/mol. The molecule has 0 aromatic heterocycles.